The molecule has 0 aliphatic heterocycles. The van der Waals surface area contributed by atoms with Crippen LogP contribution >= 0.6 is 0 Å². The zero-order valence-electron chi connectivity index (χ0n) is 9.30. The van der Waals surface area contributed by atoms with Gasteiger partial charge in [0, 0.05) is 17.3 Å². The van der Waals surface area contributed by atoms with Crippen LogP contribution in [-0.2, 0) is 6.42 Å². The predicted octanol–water partition coefficient (Wildman–Crippen LogP) is 3.50. The van der Waals surface area contributed by atoms with Gasteiger partial charge in [-0.1, -0.05) is 30.9 Å². The molecule has 0 unspecified atom stereocenters. The zero-order valence-corrected chi connectivity index (χ0v) is 9.30. The molecule has 0 radical (unpaired) electrons. The van der Waals surface area contributed by atoms with Crippen LogP contribution < -0.4 is 0 Å². The van der Waals surface area contributed by atoms with Crippen molar-refractivity contribution in [1.82, 2.24) is 4.98 Å². The first kappa shape index (κ1) is 9.30. The lowest BCUT2D eigenvalue weighted by Gasteiger charge is -1.96. The van der Waals surface area contributed by atoms with Gasteiger partial charge in [-0.3, -0.25) is 0 Å². The van der Waals surface area contributed by atoms with Crippen LogP contribution in [0.25, 0.3) is 17.0 Å². The van der Waals surface area contributed by atoms with Crippen molar-refractivity contribution < 1.29 is 0 Å². The zero-order chi connectivity index (χ0) is 11.0. The van der Waals surface area contributed by atoms with Crippen molar-refractivity contribution in [3.05, 3.63) is 41.1 Å². The Morgan fingerprint density at radius 1 is 1.38 bits per heavy atom. The van der Waals surface area contributed by atoms with E-state index in [4.69, 9.17) is 0 Å². The summed E-state index contributed by atoms with van der Waals surface area (Å²) in [5.41, 5.74) is 4.85. The Hall–Kier alpha value is -1.94. The Morgan fingerprint density at radius 3 is 3.19 bits per heavy atom. The Kier molecular flexibility index (Phi) is 2.08. The van der Waals surface area contributed by atoms with Crippen LogP contribution in [-0.4, -0.2) is 4.98 Å². The third kappa shape index (κ3) is 1.35. The van der Waals surface area contributed by atoms with Crippen LogP contribution in [0.15, 0.2) is 24.3 Å². The van der Waals surface area contributed by atoms with Crippen molar-refractivity contribution in [1.29, 1.82) is 0 Å². The minimum atomic E-state index is 0.845. The fraction of sp³-hybridized carbons (Fsp3) is 0.200. The molecule has 0 saturated carbocycles. The lowest BCUT2D eigenvalue weighted by Crippen LogP contribution is -1.79. The van der Waals surface area contributed by atoms with Crippen molar-refractivity contribution in [3.63, 3.8) is 0 Å². The molecule has 1 heterocycles. The average Bonchev–Trinajstić information content (AvgIpc) is 2.50. The molecular formula is C15H13N. The number of rotatable bonds is 1. The smallest absolute Gasteiger partial charge is 0.0573 e. The van der Waals surface area contributed by atoms with E-state index in [9.17, 15) is 0 Å². The van der Waals surface area contributed by atoms with E-state index in [2.05, 4.69) is 54.1 Å². The third-order valence-corrected chi connectivity index (χ3v) is 3.02. The minimum Gasteiger partial charge on any atom is -0.354 e. The number of nitrogens with one attached hydrogen (secondary N) is 1. The molecule has 0 saturated heterocycles. The van der Waals surface area contributed by atoms with E-state index in [-0.39, 0.29) is 0 Å². The van der Waals surface area contributed by atoms with Gasteiger partial charge in [0.25, 0.3) is 0 Å². The lowest BCUT2D eigenvalue weighted by molar-refractivity contribution is 1.15. The highest BCUT2D eigenvalue weighted by atomic mass is 14.7. The maximum absolute atomic E-state index is 3.42. The number of hydrogen-bond donors (Lipinski definition) is 1. The van der Waals surface area contributed by atoms with E-state index < -0.39 is 0 Å². The van der Waals surface area contributed by atoms with E-state index in [1.807, 2.05) is 0 Å². The molecule has 1 N–H and O–H groups in total. The highest BCUT2D eigenvalue weighted by Crippen LogP contribution is 2.25. The number of hydrogen-bond acceptors (Lipinski definition) is 0. The van der Waals surface area contributed by atoms with E-state index in [0.717, 1.165) is 24.1 Å². The summed E-state index contributed by atoms with van der Waals surface area (Å²) in [4.78, 5) is 3.42. The highest BCUT2D eigenvalue weighted by molar-refractivity contribution is 5.91. The van der Waals surface area contributed by atoms with Crippen LogP contribution in [0.1, 0.15) is 30.2 Å². The maximum Gasteiger partial charge on any atom is 0.0573 e. The SMILES string of the molecule is CCc1ccc2[nH]c3c(c2c1)C#CCC=C3. The molecule has 1 aromatic heterocycles. The first-order valence-electron chi connectivity index (χ1n) is 5.68. The molecular weight excluding hydrogens is 194 g/mol. The number of aromatic amines is 1. The van der Waals surface area contributed by atoms with Gasteiger partial charge in [0.15, 0.2) is 0 Å². The Labute approximate surface area is 95.2 Å². The van der Waals surface area contributed by atoms with Crippen LogP contribution in [0, 0.1) is 11.8 Å². The molecule has 0 fully saturated rings. The van der Waals surface area contributed by atoms with Crippen LogP contribution in [0.2, 0.25) is 0 Å². The first-order valence-corrected chi connectivity index (χ1v) is 5.68. The molecule has 3 rings (SSSR count). The summed E-state index contributed by atoms with van der Waals surface area (Å²) in [5, 5.41) is 1.26. The molecule has 1 aromatic carbocycles. The van der Waals surface area contributed by atoms with Gasteiger partial charge >= 0.3 is 0 Å². The van der Waals surface area contributed by atoms with Gasteiger partial charge in [0.1, 0.15) is 0 Å². The maximum atomic E-state index is 3.42. The molecule has 1 heteroatoms. The summed E-state index contributed by atoms with van der Waals surface area (Å²) >= 11 is 0. The fourth-order valence-electron chi connectivity index (χ4n) is 2.11. The van der Waals surface area contributed by atoms with E-state index in [1.165, 1.54) is 16.5 Å². The molecule has 1 aliphatic carbocycles. The van der Waals surface area contributed by atoms with Gasteiger partial charge < -0.3 is 4.98 Å². The van der Waals surface area contributed by atoms with Gasteiger partial charge in [-0.2, -0.15) is 0 Å². The summed E-state index contributed by atoms with van der Waals surface area (Å²) < 4.78 is 0. The van der Waals surface area contributed by atoms with Crippen molar-refractivity contribution >= 4 is 17.0 Å². The van der Waals surface area contributed by atoms with Gasteiger partial charge in [-0.25, -0.2) is 0 Å². The normalized spacial score (nSPS) is 13.1. The topological polar surface area (TPSA) is 15.8 Å². The van der Waals surface area contributed by atoms with E-state index in [0.29, 0.717) is 0 Å². The largest absolute Gasteiger partial charge is 0.354 e. The second-order valence-corrected chi connectivity index (χ2v) is 4.06. The molecule has 0 amide bonds. The summed E-state index contributed by atoms with van der Waals surface area (Å²) in [5.74, 6) is 6.42. The van der Waals surface area contributed by atoms with Crippen LogP contribution in [0.4, 0.5) is 0 Å². The quantitative estimate of drug-likeness (QED) is 0.689. The average molecular weight is 207 g/mol. The Bertz CT molecular complexity index is 632. The highest BCUT2D eigenvalue weighted by Gasteiger charge is 2.08. The second-order valence-electron chi connectivity index (χ2n) is 4.06. The molecule has 0 bridgehead atoms. The van der Waals surface area contributed by atoms with E-state index >= 15 is 0 Å². The van der Waals surface area contributed by atoms with Gasteiger partial charge in [-0.15, -0.1) is 0 Å². The third-order valence-electron chi connectivity index (χ3n) is 3.02. The minimum absolute atomic E-state index is 0.845. The number of aromatic nitrogens is 1. The number of H-pyrrole nitrogens is 1. The van der Waals surface area contributed by atoms with Crippen LogP contribution in [0.3, 0.4) is 0 Å². The number of aryl methyl sites for hydroxylation is 1. The summed E-state index contributed by atoms with van der Waals surface area (Å²) in [7, 11) is 0. The molecule has 2 aromatic rings. The lowest BCUT2D eigenvalue weighted by atomic mass is 10.1. The summed E-state index contributed by atoms with van der Waals surface area (Å²) in [6.07, 6.45) is 6.14. The molecule has 0 atom stereocenters. The molecule has 16 heavy (non-hydrogen) atoms. The van der Waals surface area contributed by atoms with Gasteiger partial charge in [0.2, 0.25) is 0 Å². The second kappa shape index (κ2) is 3.57. The fourth-order valence-corrected chi connectivity index (χ4v) is 2.11. The molecule has 78 valence electrons. The van der Waals surface area contributed by atoms with Crippen molar-refractivity contribution in [3.8, 4) is 11.8 Å². The summed E-state index contributed by atoms with van der Waals surface area (Å²) in [6.45, 7) is 2.18. The number of fused-ring (bicyclic) bond motifs is 3. The Balaban J connectivity index is 2.34. The first-order chi connectivity index (χ1) is 7.88. The number of allylic oxidation sites excluding steroid dienone is 1. The van der Waals surface area contributed by atoms with Crippen molar-refractivity contribution in [2.45, 2.75) is 19.8 Å². The van der Waals surface area contributed by atoms with Crippen LogP contribution in [0.5, 0.6) is 0 Å². The van der Waals surface area contributed by atoms with Gasteiger partial charge in [0.05, 0.1) is 11.3 Å². The molecule has 1 nitrogen and oxygen atoms in total. The van der Waals surface area contributed by atoms with Crippen molar-refractivity contribution in [2.75, 3.05) is 0 Å². The number of benzene rings is 1. The monoisotopic (exact) mass is 207 g/mol. The van der Waals surface area contributed by atoms with E-state index in [1.54, 1.807) is 0 Å². The summed E-state index contributed by atoms with van der Waals surface area (Å²) in [6, 6.07) is 6.58. The predicted molar refractivity (Wildman–Crippen MR) is 68.2 cm³/mol. The van der Waals surface area contributed by atoms with Gasteiger partial charge in [-0.05, 0) is 30.2 Å². The molecule has 1 aliphatic rings. The standard InChI is InChI=1S/C15H13N/c1-2-11-8-9-15-13(10-11)12-6-4-3-5-7-14(12)16-15/h5,7-10,16H,2-3H2,1H3. The Morgan fingerprint density at radius 2 is 2.31 bits per heavy atom. The molecule has 0 spiro atoms. The van der Waals surface area contributed by atoms with Crippen molar-refractivity contribution in [2.24, 2.45) is 0 Å².